The Labute approximate surface area is 148 Å². The van der Waals surface area contributed by atoms with Crippen molar-refractivity contribution in [3.63, 3.8) is 0 Å². The molecule has 0 unspecified atom stereocenters. The summed E-state index contributed by atoms with van der Waals surface area (Å²) in [5.41, 5.74) is 0.580. The third-order valence-electron chi connectivity index (χ3n) is 4.57. The van der Waals surface area contributed by atoms with Gasteiger partial charge in [-0.3, -0.25) is 9.69 Å². The highest BCUT2D eigenvalue weighted by Gasteiger charge is 2.41. The van der Waals surface area contributed by atoms with Gasteiger partial charge in [0.15, 0.2) is 0 Å². The average Bonchev–Trinajstić information content (AvgIpc) is 2.60. The summed E-state index contributed by atoms with van der Waals surface area (Å²) in [7, 11) is 0. The summed E-state index contributed by atoms with van der Waals surface area (Å²) in [5, 5.41) is 26.9. The standard InChI is InChI=1S/C18H26FNO2.CH2O2/c1-2-10-18(14-21)13-20(12-9-17(18)22)11-3-4-15-5-7-16(19)8-6-15;2-1-3/h3-8,17,21-22H,2,9-14H2,1H3;1H,(H,2,3)/b4-3+;/t17-,18-;/m0./s1. The molecule has 1 aromatic rings. The van der Waals surface area contributed by atoms with Crippen LogP contribution in [0.2, 0.25) is 0 Å². The van der Waals surface area contributed by atoms with E-state index in [0.717, 1.165) is 31.5 Å². The number of benzene rings is 1. The lowest BCUT2D eigenvalue weighted by Gasteiger charge is -2.45. The van der Waals surface area contributed by atoms with Crippen LogP contribution in [0, 0.1) is 11.2 Å². The lowest BCUT2D eigenvalue weighted by Crippen LogP contribution is -2.53. The first kappa shape index (κ1) is 21.3. The smallest absolute Gasteiger partial charge is 0.290 e. The van der Waals surface area contributed by atoms with Crippen molar-refractivity contribution in [1.82, 2.24) is 4.90 Å². The molecular weight excluding hydrogens is 325 g/mol. The maximum Gasteiger partial charge on any atom is 0.290 e. The molecule has 0 bridgehead atoms. The van der Waals surface area contributed by atoms with Crippen LogP contribution in [-0.2, 0) is 4.79 Å². The van der Waals surface area contributed by atoms with Crippen LogP contribution in [0.4, 0.5) is 4.39 Å². The normalized spacial score (nSPS) is 23.9. The van der Waals surface area contributed by atoms with Crippen LogP contribution in [0.3, 0.4) is 0 Å². The van der Waals surface area contributed by atoms with E-state index in [1.54, 1.807) is 12.1 Å². The molecule has 0 aromatic heterocycles. The number of halogens is 1. The van der Waals surface area contributed by atoms with E-state index >= 15 is 0 Å². The van der Waals surface area contributed by atoms with Crippen molar-refractivity contribution >= 4 is 12.5 Å². The number of hydrogen-bond donors (Lipinski definition) is 3. The molecule has 1 heterocycles. The molecule has 140 valence electrons. The lowest BCUT2D eigenvalue weighted by atomic mass is 9.74. The summed E-state index contributed by atoms with van der Waals surface area (Å²) < 4.78 is 12.9. The van der Waals surface area contributed by atoms with Gasteiger partial charge in [0.25, 0.3) is 6.47 Å². The summed E-state index contributed by atoms with van der Waals surface area (Å²) in [6.45, 7) is 4.18. The van der Waals surface area contributed by atoms with Crippen LogP contribution in [-0.4, -0.2) is 59.0 Å². The van der Waals surface area contributed by atoms with E-state index in [4.69, 9.17) is 9.90 Å². The number of likely N-dealkylation sites (tertiary alicyclic amines) is 1. The summed E-state index contributed by atoms with van der Waals surface area (Å²) in [4.78, 5) is 10.6. The van der Waals surface area contributed by atoms with E-state index in [1.807, 2.05) is 6.08 Å². The Morgan fingerprint density at radius 3 is 2.56 bits per heavy atom. The quantitative estimate of drug-likeness (QED) is 0.684. The molecule has 1 aliphatic rings. The number of aliphatic hydroxyl groups excluding tert-OH is 2. The second-order valence-electron chi connectivity index (χ2n) is 6.37. The number of hydrogen-bond acceptors (Lipinski definition) is 4. The van der Waals surface area contributed by atoms with Crippen molar-refractivity contribution in [2.24, 2.45) is 5.41 Å². The van der Waals surface area contributed by atoms with Crippen molar-refractivity contribution in [3.05, 3.63) is 41.7 Å². The molecule has 1 saturated heterocycles. The van der Waals surface area contributed by atoms with E-state index in [0.29, 0.717) is 13.0 Å². The molecule has 1 fully saturated rings. The minimum Gasteiger partial charge on any atom is -0.483 e. The van der Waals surface area contributed by atoms with Crippen LogP contribution in [0.5, 0.6) is 0 Å². The molecular formula is C19H28FNO4. The lowest BCUT2D eigenvalue weighted by molar-refractivity contribution is -0.122. The zero-order valence-corrected chi connectivity index (χ0v) is 14.6. The molecule has 0 amide bonds. The average molecular weight is 353 g/mol. The zero-order chi connectivity index (χ0) is 18.7. The highest BCUT2D eigenvalue weighted by molar-refractivity contribution is 5.48. The fraction of sp³-hybridized carbons (Fsp3) is 0.526. The maximum atomic E-state index is 12.9. The van der Waals surface area contributed by atoms with Gasteiger partial charge < -0.3 is 15.3 Å². The van der Waals surface area contributed by atoms with E-state index in [9.17, 15) is 14.6 Å². The molecule has 2 rings (SSSR count). The summed E-state index contributed by atoms with van der Waals surface area (Å²) in [6, 6.07) is 6.41. The van der Waals surface area contributed by atoms with Gasteiger partial charge in [0.2, 0.25) is 0 Å². The largest absolute Gasteiger partial charge is 0.483 e. The van der Waals surface area contributed by atoms with Gasteiger partial charge in [0.1, 0.15) is 5.82 Å². The van der Waals surface area contributed by atoms with Gasteiger partial charge in [0, 0.05) is 25.0 Å². The van der Waals surface area contributed by atoms with Crippen molar-refractivity contribution in [2.75, 3.05) is 26.2 Å². The molecule has 0 spiro atoms. The summed E-state index contributed by atoms with van der Waals surface area (Å²) >= 11 is 0. The van der Waals surface area contributed by atoms with Gasteiger partial charge in [-0.15, -0.1) is 0 Å². The third-order valence-corrected chi connectivity index (χ3v) is 4.57. The van der Waals surface area contributed by atoms with Gasteiger partial charge in [0.05, 0.1) is 12.7 Å². The number of aliphatic hydroxyl groups is 2. The van der Waals surface area contributed by atoms with E-state index in [2.05, 4.69) is 17.9 Å². The topological polar surface area (TPSA) is 81.0 Å². The molecule has 2 atom stereocenters. The molecule has 5 nitrogen and oxygen atoms in total. The van der Waals surface area contributed by atoms with Gasteiger partial charge in [-0.25, -0.2) is 4.39 Å². The number of carboxylic acid groups (broad SMARTS) is 1. The summed E-state index contributed by atoms with van der Waals surface area (Å²) in [5.74, 6) is -0.227. The molecule has 6 heteroatoms. The first-order chi connectivity index (χ1) is 12.0. The fourth-order valence-electron chi connectivity index (χ4n) is 3.29. The predicted molar refractivity (Wildman–Crippen MR) is 95.6 cm³/mol. The highest BCUT2D eigenvalue weighted by Crippen LogP contribution is 2.34. The minimum absolute atomic E-state index is 0.0280. The Hall–Kier alpha value is -1.76. The van der Waals surface area contributed by atoms with Crippen LogP contribution in [0.25, 0.3) is 6.08 Å². The van der Waals surface area contributed by atoms with Crippen LogP contribution >= 0.6 is 0 Å². The van der Waals surface area contributed by atoms with E-state index in [1.165, 1.54) is 12.1 Å². The Morgan fingerprint density at radius 1 is 1.36 bits per heavy atom. The van der Waals surface area contributed by atoms with Crippen molar-refractivity contribution in [3.8, 4) is 0 Å². The SMILES string of the molecule is CCC[C@@]1(CO)CN(C/C=C/c2ccc(F)cc2)CC[C@@H]1O.O=CO. The monoisotopic (exact) mass is 353 g/mol. The van der Waals surface area contributed by atoms with Crippen molar-refractivity contribution in [2.45, 2.75) is 32.3 Å². The predicted octanol–water partition coefficient (Wildman–Crippen LogP) is 2.39. The van der Waals surface area contributed by atoms with E-state index < -0.39 is 11.5 Å². The van der Waals surface area contributed by atoms with Crippen LogP contribution < -0.4 is 0 Å². The highest BCUT2D eigenvalue weighted by atomic mass is 19.1. The van der Waals surface area contributed by atoms with Gasteiger partial charge in [-0.1, -0.05) is 37.6 Å². The Balaban J connectivity index is 0.000000970. The summed E-state index contributed by atoms with van der Waals surface area (Å²) in [6.07, 6.45) is 6.10. The fourth-order valence-corrected chi connectivity index (χ4v) is 3.29. The molecule has 0 saturated carbocycles. The van der Waals surface area contributed by atoms with Gasteiger partial charge in [-0.05, 0) is 30.5 Å². The molecule has 25 heavy (non-hydrogen) atoms. The number of rotatable bonds is 6. The minimum atomic E-state index is -0.422. The van der Waals surface area contributed by atoms with Gasteiger partial charge in [-0.2, -0.15) is 0 Å². The van der Waals surface area contributed by atoms with Crippen LogP contribution in [0.15, 0.2) is 30.3 Å². The molecule has 1 aromatic carbocycles. The second-order valence-corrected chi connectivity index (χ2v) is 6.37. The Morgan fingerprint density at radius 2 is 2.00 bits per heavy atom. The Bertz CT molecular complexity index is 535. The number of carbonyl (C=O) groups is 1. The van der Waals surface area contributed by atoms with Crippen molar-refractivity contribution < 1.29 is 24.5 Å². The molecule has 3 N–H and O–H groups in total. The Kier molecular flexibility index (Phi) is 9.34. The first-order valence-electron chi connectivity index (χ1n) is 8.52. The van der Waals surface area contributed by atoms with Crippen molar-refractivity contribution in [1.29, 1.82) is 0 Å². The number of piperidine rings is 1. The molecule has 1 aliphatic heterocycles. The molecule has 0 aliphatic carbocycles. The third kappa shape index (κ3) is 6.57. The molecule has 0 radical (unpaired) electrons. The zero-order valence-electron chi connectivity index (χ0n) is 14.6. The van der Waals surface area contributed by atoms with Crippen LogP contribution in [0.1, 0.15) is 31.7 Å². The van der Waals surface area contributed by atoms with E-state index in [-0.39, 0.29) is 18.9 Å². The van der Waals surface area contributed by atoms with Gasteiger partial charge >= 0.3 is 0 Å². The maximum absolute atomic E-state index is 12.9. The number of nitrogens with zero attached hydrogens (tertiary/aromatic N) is 1. The second kappa shape index (κ2) is 11.0. The first-order valence-corrected chi connectivity index (χ1v) is 8.52.